The van der Waals surface area contributed by atoms with E-state index in [0.29, 0.717) is 17.4 Å². The van der Waals surface area contributed by atoms with Crippen molar-refractivity contribution in [1.82, 2.24) is 5.32 Å². The van der Waals surface area contributed by atoms with Gasteiger partial charge < -0.3 is 19.8 Å². The van der Waals surface area contributed by atoms with E-state index in [0.717, 1.165) is 38.5 Å². The highest BCUT2D eigenvalue weighted by molar-refractivity contribution is 7.47. The number of likely N-dealkylation sites (N-methyl/N-ethyl adjacent to an activating group) is 1. The standard InChI is InChI=1S/C37H73N2O6P/c1-6-8-10-12-14-16-18-19-21-22-24-26-28-30-36(40)35(34-45-46(42,43)44-33-32-39(3,4)5)38-37(41)31-29-27-25-23-20-17-15-13-11-9-7-2/h21-22,28,30,35-36,40H,6-20,23-27,29,31-34H2,1-5H3,(H-,38,41,42,43)/p+1/b22-21+,30-28+. The van der Waals surface area contributed by atoms with E-state index in [4.69, 9.17) is 9.05 Å². The molecule has 3 atom stereocenters. The van der Waals surface area contributed by atoms with E-state index >= 15 is 0 Å². The number of hydrogen-bond donors (Lipinski definition) is 3. The number of rotatable bonds is 33. The van der Waals surface area contributed by atoms with Gasteiger partial charge in [0.1, 0.15) is 13.2 Å². The Labute approximate surface area is 284 Å². The molecular weight excluding hydrogens is 599 g/mol. The van der Waals surface area contributed by atoms with Crippen LogP contribution in [0, 0.1) is 0 Å². The average Bonchev–Trinajstić information content (AvgIpc) is 2.99. The van der Waals surface area contributed by atoms with Gasteiger partial charge in [0, 0.05) is 6.42 Å². The summed E-state index contributed by atoms with van der Waals surface area (Å²) >= 11 is 0. The number of aliphatic hydroxyl groups is 1. The van der Waals surface area contributed by atoms with Crippen LogP contribution < -0.4 is 5.32 Å². The van der Waals surface area contributed by atoms with Gasteiger partial charge in [-0.2, -0.15) is 0 Å². The first-order chi connectivity index (χ1) is 22.0. The lowest BCUT2D eigenvalue weighted by Crippen LogP contribution is -2.45. The molecule has 46 heavy (non-hydrogen) atoms. The quantitative estimate of drug-likeness (QED) is 0.0278. The highest BCUT2D eigenvalue weighted by Gasteiger charge is 2.27. The summed E-state index contributed by atoms with van der Waals surface area (Å²) < 4.78 is 23.4. The minimum absolute atomic E-state index is 0.0576. The number of phosphoric ester groups is 1. The van der Waals surface area contributed by atoms with Gasteiger partial charge in [0.2, 0.25) is 5.91 Å². The summed E-state index contributed by atoms with van der Waals surface area (Å²) in [7, 11) is 1.55. The molecule has 3 N–H and O–H groups in total. The van der Waals surface area contributed by atoms with Gasteiger partial charge in [0.15, 0.2) is 0 Å². The number of nitrogens with one attached hydrogen (secondary N) is 1. The van der Waals surface area contributed by atoms with Crippen molar-refractivity contribution >= 4 is 13.7 Å². The number of quaternary nitrogens is 1. The fourth-order valence-corrected chi connectivity index (χ4v) is 5.85. The molecule has 272 valence electrons. The minimum Gasteiger partial charge on any atom is -0.387 e. The van der Waals surface area contributed by atoms with Crippen LogP contribution in [0.1, 0.15) is 155 Å². The second kappa shape index (κ2) is 30.1. The van der Waals surface area contributed by atoms with E-state index in [9.17, 15) is 19.4 Å². The predicted octanol–water partition coefficient (Wildman–Crippen LogP) is 9.41. The Bertz CT molecular complexity index is 814. The third-order valence-corrected chi connectivity index (χ3v) is 9.16. The van der Waals surface area contributed by atoms with Crippen molar-refractivity contribution in [3.8, 4) is 0 Å². The molecule has 0 rings (SSSR count). The molecule has 0 aliphatic carbocycles. The Morgan fingerprint density at radius 1 is 0.717 bits per heavy atom. The predicted molar refractivity (Wildman–Crippen MR) is 194 cm³/mol. The molecule has 1 amide bonds. The molecule has 0 aliphatic heterocycles. The van der Waals surface area contributed by atoms with Crippen LogP contribution in [0.5, 0.6) is 0 Å². The first-order valence-electron chi connectivity index (χ1n) is 18.7. The van der Waals surface area contributed by atoms with Gasteiger partial charge in [0.05, 0.1) is 39.9 Å². The van der Waals surface area contributed by atoms with Crippen LogP contribution in [0.4, 0.5) is 0 Å². The molecule has 0 saturated carbocycles. The number of hydrogen-bond acceptors (Lipinski definition) is 5. The van der Waals surface area contributed by atoms with Gasteiger partial charge in [-0.25, -0.2) is 4.57 Å². The number of unbranched alkanes of at least 4 members (excludes halogenated alkanes) is 18. The number of carbonyl (C=O) groups excluding carboxylic acids is 1. The van der Waals surface area contributed by atoms with E-state index in [2.05, 4.69) is 31.3 Å². The molecule has 8 nitrogen and oxygen atoms in total. The van der Waals surface area contributed by atoms with Crippen molar-refractivity contribution in [2.45, 2.75) is 167 Å². The largest absolute Gasteiger partial charge is 0.472 e. The lowest BCUT2D eigenvalue weighted by Gasteiger charge is -2.25. The number of carbonyl (C=O) groups is 1. The average molecular weight is 674 g/mol. The molecule has 0 radical (unpaired) electrons. The van der Waals surface area contributed by atoms with Crippen LogP contribution >= 0.6 is 7.82 Å². The molecule has 0 aromatic heterocycles. The van der Waals surface area contributed by atoms with Crippen LogP contribution in [0.3, 0.4) is 0 Å². The maximum absolute atomic E-state index is 12.7. The Morgan fingerprint density at radius 3 is 1.74 bits per heavy atom. The number of amides is 1. The molecular formula is C37H74N2O6P+. The molecule has 0 fully saturated rings. The zero-order chi connectivity index (χ0) is 34.4. The van der Waals surface area contributed by atoms with Gasteiger partial charge in [-0.1, -0.05) is 141 Å². The Hall–Kier alpha value is -1.02. The Morgan fingerprint density at radius 2 is 1.20 bits per heavy atom. The zero-order valence-corrected chi connectivity index (χ0v) is 31.5. The van der Waals surface area contributed by atoms with E-state index in [1.54, 1.807) is 6.08 Å². The summed E-state index contributed by atoms with van der Waals surface area (Å²) in [6, 6.07) is -0.855. The van der Waals surface area contributed by atoms with Gasteiger partial charge >= 0.3 is 7.82 Å². The molecule has 0 aromatic carbocycles. The molecule has 0 bridgehead atoms. The third-order valence-electron chi connectivity index (χ3n) is 8.17. The third kappa shape index (κ3) is 31.6. The Kier molecular flexibility index (Phi) is 29.4. The maximum Gasteiger partial charge on any atom is 0.472 e. The summed E-state index contributed by atoms with van der Waals surface area (Å²) in [4.78, 5) is 22.9. The molecule has 3 unspecified atom stereocenters. The van der Waals surface area contributed by atoms with E-state index in [-0.39, 0.29) is 19.1 Å². The fourth-order valence-electron chi connectivity index (χ4n) is 5.11. The van der Waals surface area contributed by atoms with Crippen molar-refractivity contribution in [3.63, 3.8) is 0 Å². The van der Waals surface area contributed by atoms with Crippen molar-refractivity contribution in [3.05, 3.63) is 24.3 Å². The van der Waals surface area contributed by atoms with Gasteiger partial charge in [-0.15, -0.1) is 0 Å². The molecule has 0 spiro atoms. The monoisotopic (exact) mass is 674 g/mol. The Balaban J connectivity index is 4.62. The molecule has 0 aliphatic rings. The second-order valence-electron chi connectivity index (χ2n) is 13.9. The van der Waals surface area contributed by atoms with Gasteiger partial charge in [-0.05, 0) is 32.1 Å². The van der Waals surface area contributed by atoms with Crippen molar-refractivity contribution in [1.29, 1.82) is 0 Å². The van der Waals surface area contributed by atoms with Gasteiger partial charge in [0.25, 0.3) is 0 Å². The summed E-state index contributed by atoms with van der Waals surface area (Å²) in [5, 5.41) is 13.7. The number of nitrogens with zero attached hydrogens (tertiary/aromatic N) is 1. The number of phosphoric acid groups is 1. The van der Waals surface area contributed by atoms with Crippen LogP contribution in [0.2, 0.25) is 0 Å². The summed E-state index contributed by atoms with van der Waals surface area (Å²) in [6.45, 7) is 4.75. The molecule has 0 aromatic rings. The maximum atomic E-state index is 12.7. The van der Waals surface area contributed by atoms with E-state index in [1.807, 2.05) is 27.2 Å². The van der Waals surface area contributed by atoms with Crippen molar-refractivity contribution in [2.75, 3.05) is 40.9 Å². The van der Waals surface area contributed by atoms with Crippen LogP contribution in [-0.2, 0) is 18.4 Å². The summed E-state index contributed by atoms with van der Waals surface area (Å²) in [5.74, 6) is -0.191. The molecule has 0 saturated heterocycles. The summed E-state index contributed by atoms with van der Waals surface area (Å²) in [6.07, 6.45) is 32.4. The van der Waals surface area contributed by atoms with Crippen LogP contribution in [0.15, 0.2) is 24.3 Å². The zero-order valence-electron chi connectivity index (χ0n) is 30.6. The lowest BCUT2D eigenvalue weighted by molar-refractivity contribution is -0.870. The first-order valence-corrected chi connectivity index (χ1v) is 20.2. The number of allylic oxidation sites excluding steroid dienone is 3. The molecule has 0 heterocycles. The highest BCUT2D eigenvalue weighted by atomic mass is 31.2. The van der Waals surface area contributed by atoms with E-state index in [1.165, 1.54) is 96.3 Å². The molecule has 9 heteroatoms. The summed E-state index contributed by atoms with van der Waals surface area (Å²) in [5.41, 5.74) is 0. The first kappa shape index (κ1) is 45.0. The smallest absolute Gasteiger partial charge is 0.387 e. The second-order valence-corrected chi connectivity index (χ2v) is 15.4. The minimum atomic E-state index is -4.33. The van der Waals surface area contributed by atoms with E-state index < -0.39 is 20.0 Å². The SMILES string of the molecule is CCCCCCCCC/C=C/CC/C=C/C(O)C(COP(=O)(O)OCC[N+](C)(C)C)NC(=O)CCCCCCCCCCCCC. The van der Waals surface area contributed by atoms with Crippen molar-refractivity contribution < 1.29 is 32.9 Å². The lowest BCUT2D eigenvalue weighted by atomic mass is 10.0. The fraction of sp³-hybridized carbons (Fsp3) is 0.865. The normalized spacial score (nSPS) is 15.0. The van der Waals surface area contributed by atoms with Crippen LogP contribution in [0.25, 0.3) is 0 Å². The van der Waals surface area contributed by atoms with Crippen molar-refractivity contribution in [2.24, 2.45) is 0 Å². The van der Waals surface area contributed by atoms with Gasteiger partial charge in [-0.3, -0.25) is 13.8 Å². The highest BCUT2D eigenvalue weighted by Crippen LogP contribution is 2.43. The van der Waals surface area contributed by atoms with Crippen LogP contribution in [-0.4, -0.2) is 73.4 Å². The topological polar surface area (TPSA) is 105 Å². The number of aliphatic hydroxyl groups excluding tert-OH is 1.